The number of carbonyl (C=O) groups is 2. The second kappa shape index (κ2) is 9.88. The van der Waals surface area contributed by atoms with Gasteiger partial charge in [0.1, 0.15) is 23.8 Å². The van der Waals surface area contributed by atoms with E-state index in [1.54, 1.807) is 25.1 Å². The van der Waals surface area contributed by atoms with Crippen molar-refractivity contribution in [3.63, 3.8) is 0 Å². The van der Waals surface area contributed by atoms with Gasteiger partial charge in [0.2, 0.25) is 6.41 Å². The first-order chi connectivity index (χ1) is 12.7. The lowest BCUT2D eigenvalue weighted by molar-refractivity contribution is -0.139. The molecule has 2 rings (SSSR count). The standard InChI is InChI=1S/C20H21NO5/c1-3-25-20(23)18(21-14-22)12-16-11-17(9-10-19(16)24-2)26-13-15-7-5-4-6-8-15/h4-12,14H,3,13H2,1-2H3,(H,21,22)/b18-12-. The molecule has 2 aromatic carbocycles. The lowest BCUT2D eigenvalue weighted by atomic mass is 10.1. The van der Waals surface area contributed by atoms with Crippen molar-refractivity contribution in [2.24, 2.45) is 0 Å². The third-order valence-electron chi connectivity index (χ3n) is 3.46. The van der Waals surface area contributed by atoms with E-state index in [2.05, 4.69) is 5.32 Å². The van der Waals surface area contributed by atoms with Crippen LogP contribution in [0.4, 0.5) is 0 Å². The molecule has 6 nitrogen and oxygen atoms in total. The van der Waals surface area contributed by atoms with E-state index >= 15 is 0 Å². The molecule has 6 heteroatoms. The van der Waals surface area contributed by atoms with Gasteiger partial charge in [-0.2, -0.15) is 0 Å². The zero-order chi connectivity index (χ0) is 18.8. The van der Waals surface area contributed by atoms with Crippen LogP contribution in [0.3, 0.4) is 0 Å². The zero-order valence-electron chi connectivity index (χ0n) is 14.7. The van der Waals surface area contributed by atoms with Gasteiger partial charge in [-0.05, 0) is 36.8 Å². The smallest absolute Gasteiger partial charge is 0.354 e. The number of amides is 1. The Kier molecular flexibility index (Phi) is 7.24. The summed E-state index contributed by atoms with van der Waals surface area (Å²) in [5.41, 5.74) is 1.63. The minimum absolute atomic E-state index is 0.0142. The number of benzene rings is 2. The fourth-order valence-electron chi connectivity index (χ4n) is 2.24. The number of hydrogen-bond acceptors (Lipinski definition) is 5. The molecule has 0 fully saturated rings. The van der Waals surface area contributed by atoms with Crippen LogP contribution in [0.2, 0.25) is 0 Å². The average Bonchev–Trinajstić information content (AvgIpc) is 2.67. The summed E-state index contributed by atoms with van der Waals surface area (Å²) in [5.74, 6) is 0.513. The first-order valence-electron chi connectivity index (χ1n) is 8.11. The summed E-state index contributed by atoms with van der Waals surface area (Å²) < 4.78 is 16.0. The molecule has 0 bridgehead atoms. The van der Waals surface area contributed by atoms with Crippen LogP contribution in [-0.4, -0.2) is 26.1 Å². The molecular formula is C20H21NO5. The van der Waals surface area contributed by atoms with Crippen LogP contribution in [0.5, 0.6) is 11.5 Å². The Morgan fingerprint density at radius 2 is 1.92 bits per heavy atom. The highest BCUT2D eigenvalue weighted by molar-refractivity contribution is 5.95. The summed E-state index contributed by atoms with van der Waals surface area (Å²) in [6.07, 6.45) is 1.91. The topological polar surface area (TPSA) is 73.9 Å². The summed E-state index contributed by atoms with van der Waals surface area (Å²) in [5, 5.41) is 2.35. The highest BCUT2D eigenvalue weighted by atomic mass is 16.5. The molecule has 0 radical (unpaired) electrons. The first kappa shape index (κ1) is 19.1. The van der Waals surface area contributed by atoms with E-state index in [4.69, 9.17) is 14.2 Å². The summed E-state index contributed by atoms with van der Waals surface area (Å²) >= 11 is 0. The van der Waals surface area contributed by atoms with Crippen LogP contribution in [0.1, 0.15) is 18.1 Å². The van der Waals surface area contributed by atoms with Crippen molar-refractivity contribution in [2.75, 3.05) is 13.7 Å². The highest BCUT2D eigenvalue weighted by Crippen LogP contribution is 2.26. The van der Waals surface area contributed by atoms with Gasteiger partial charge >= 0.3 is 5.97 Å². The Labute approximate surface area is 152 Å². The SMILES string of the molecule is CCOC(=O)/C(=C/c1cc(OCc2ccccc2)ccc1OC)NC=O. The van der Waals surface area contributed by atoms with Gasteiger partial charge in [-0.1, -0.05) is 30.3 Å². The van der Waals surface area contributed by atoms with Crippen LogP contribution in [0.15, 0.2) is 54.2 Å². The lowest BCUT2D eigenvalue weighted by Crippen LogP contribution is -2.21. The molecule has 0 aliphatic carbocycles. The summed E-state index contributed by atoms with van der Waals surface area (Å²) in [6.45, 7) is 2.30. The van der Waals surface area contributed by atoms with Gasteiger partial charge < -0.3 is 19.5 Å². The van der Waals surface area contributed by atoms with Gasteiger partial charge in [-0.3, -0.25) is 4.79 Å². The minimum atomic E-state index is -0.628. The molecule has 136 valence electrons. The van der Waals surface area contributed by atoms with E-state index in [9.17, 15) is 9.59 Å². The Morgan fingerprint density at radius 3 is 2.58 bits per heavy atom. The van der Waals surface area contributed by atoms with Crippen molar-refractivity contribution < 1.29 is 23.8 Å². The second-order valence-corrected chi connectivity index (χ2v) is 5.22. The molecule has 0 aliphatic rings. The molecule has 0 aromatic heterocycles. The predicted octanol–water partition coefficient (Wildman–Crippen LogP) is 2.92. The molecule has 1 N–H and O–H groups in total. The fraction of sp³-hybridized carbons (Fsp3) is 0.200. The molecule has 0 saturated carbocycles. The van der Waals surface area contributed by atoms with Crippen molar-refractivity contribution >= 4 is 18.5 Å². The summed E-state index contributed by atoms with van der Waals surface area (Å²) in [6, 6.07) is 15.0. The molecule has 0 heterocycles. The van der Waals surface area contributed by atoms with Gasteiger partial charge in [-0.15, -0.1) is 0 Å². The molecule has 2 aromatic rings. The lowest BCUT2D eigenvalue weighted by Gasteiger charge is -2.11. The van der Waals surface area contributed by atoms with Crippen LogP contribution < -0.4 is 14.8 Å². The van der Waals surface area contributed by atoms with Crippen LogP contribution >= 0.6 is 0 Å². The molecular weight excluding hydrogens is 334 g/mol. The van der Waals surface area contributed by atoms with E-state index in [-0.39, 0.29) is 12.3 Å². The van der Waals surface area contributed by atoms with Crippen molar-refractivity contribution in [1.29, 1.82) is 0 Å². The number of carbonyl (C=O) groups excluding carboxylic acids is 2. The van der Waals surface area contributed by atoms with Crippen LogP contribution in [0.25, 0.3) is 6.08 Å². The molecule has 0 atom stereocenters. The third-order valence-corrected chi connectivity index (χ3v) is 3.46. The molecule has 0 spiro atoms. The van der Waals surface area contributed by atoms with E-state index in [1.807, 2.05) is 30.3 Å². The normalized spacial score (nSPS) is 10.8. The Bertz CT molecular complexity index is 771. The van der Waals surface area contributed by atoms with Gasteiger partial charge in [0.25, 0.3) is 0 Å². The number of rotatable bonds is 9. The molecule has 26 heavy (non-hydrogen) atoms. The number of hydrogen-bond donors (Lipinski definition) is 1. The predicted molar refractivity (Wildman–Crippen MR) is 97.6 cm³/mol. The number of esters is 1. The van der Waals surface area contributed by atoms with E-state index in [0.717, 1.165) is 5.56 Å². The van der Waals surface area contributed by atoms with Crippen LogP contribution in [-0.2, 0) is 20.9 Å². The number of ether oxygens (including phenoxy) is 3. The fourth-order valence-corrected chi connectivity index (χ4v) is 2.24. The number of methoxy groups -OCH3 is 1. The van der Waals surface area contributed by atoms with Crippen molar-refractivity contribution in [3.05, 3.63) is 65.4 Å². The first-order valence-corrected chi connectivity index (χ1v) is 8.11. The molecule has 0 unspecified atom stereocenters. The van der Waals surface area contributed by atoms with Crippen LogP contribution in [0, 0.1) is 0 Å². The van der Waals surface area contributed by atoms with E-state index < -0.39 is 5.97 Å². The van der Waals surface area contributed by atoms with Gasteiger partial charge in [0, 0.05) is 5.56 Å². The van der Waals surface area contributed by atoms with Gasteiger partial charge in [0.05, 0.1) is 13.7 Å². The highest BCUT2D eigenvalue weighted by Gasteiger charge is 2.12. The maximum absolute atomic E-state index is 11.9. The minimum Gasteiger partial charge on any atom is -0.496 e. The molecule has 0 saturated heterocycles. The van der Waals surface area contributed by atoms with Crippen molar-refractivity contribution in [3.8, 4) is 11.5 Å². The van der Waals surface area contributed by atoms with Crippen molar-refractivity contribution in [2.45, 2.75) is 13.5 Å². The summed E-state index contributed by atoms with van der Waals surface area (Å²) in [7, 11) is 1.52. The maximum atomic E-state index is 11.9. The zero-order valence-corrected chi connectivity index (χ0v) is 14.7. The van der Waals surface area contributed by atoms with Crippen molar-refractivity contribution in [1.82, 2.24) is 5.32 Å². The van der Waals surface area contributed by atoms with Gasteiger partial charge in [0.15, 0.2) is 0 Å². The van der Waals surface area contributed by atoms with Gasteiger partial charge in [-0.25, -0.2) is 4.79 Å². The molecule has 1 amide bonds. The second-order valence-electron chi connectivity index (χ2n) is 5.22. The quantitative estimate of drug-likeness (QED) is 0.425. The Morgan fingerprint density at radius 1 is 1.15 bits per heavy atom. The number of nitrogens with one attached hydrogen (secondary N) is 1. The third kappa shape index (κ3) is 5.37. The largest absolute Gasteiger partial charge is 0.496 e. The average molecular weight is 355 g/mol. The maximum Gasteiger partial charge on any atom is 0.354 e. The molecule has 0 aliphatic heterocycles. The Balaban J connectivity index is 2.25. The Hall–Kier alpha value is -3.28. The summed E-state index contributed by atoms with van der Waals surface area (Å²) in [4.78, 5) is 22.7. The monoisotopic (exact) mass is 355 g/mol. The van der Waals surface area contributed by atoms with E-state index in [1.165, 1.54) is 13.2 Å². The van der Waals surface area contributed by atoms with E-state index in [0.29, 0.717) is 30.1 Å².